The van der Waals surface area contributed by atoms with Crippen molar-refractivity contribution >= 4 is 33.0 Å². The van der Waals surface area contributed by atoms with Gasteiger partial charge in [-0.15, -0.1) is 11.3 Å². The average molecular weight is 393 g/mol. The van der Waals surface area contributed by atoms with Crippen molar-refractivity contribution in [1.82, 2.24) is 9.71 Å². The van der Waals surface area contributed by atoms with Crippen LogP contribution in [0.2, 0.25) is 5.02 Å². The molecular weight excluding hydrogens is 376 g/mol. The Morgan fingerprint density at radius 3 is 2.64 bits per heavy atom. The van der Waals surface area contributed by atoms with E-state index < -0.39 is 10.0 Å². The van der Waals surface area contributed by atoms with Crippen LogP contribution in [0.1, 0.15) is 16.0 Å². The van der Waals surface area contributed by atoms with Crippen LogP contribution in [0, 0.1) is 0 Å². The second kappa shape index (κ2) is 8.10. The van der Waals surface area contributed by atoms with Crippen molar-refractivity contribution in [3.8, 4) is 0 Å². The third kappa shape index (κ3) is 5.12. The van der Waals surface area contributed by atoms with Gasteiger partial charge in [-0.25, -0.2) is 13.1 Å². The molecule has 0 aliphatic heterocycles. The number of hydrogen-bond acceptors (Lipinski definition) is 4. The summed E-state index contributed by atoms with van der Waals surface area (Å²) in [4.78, 5) is 5.58. The fourth-order valence-corrected chi connectivity index (χ4v) is 4.50. The zero-order valence-electron chi connectivity index (χ0n) is 13.4. The minimum absolute atomic E-state index is 0.222. The smallest absolute Gasteiger partial charge is 0.240 e. The number of nitrogens with zero attached hydrogens (tertiary/aromatic N) is 1. The van der Waals surface area contributed by atoms with E-state index in [1.165, 1.54) is 22.6 Å². The molecule has 0 saturated heterocycles. The predicted molar refractivity (Wildman–Crippen MR) is 102 cm³/mol. The number of rotatable bonds is 7. The Labute approximate surface area is 156 Å². The molecule has 0 aliphatic rings. The molecule has 0 bridgehead atoms. The minimum atomic E-state index is -3.50. The van der Waals surface area contributed by atoms with Crippen molar-refractivity contribution in [3.63, 3.8) is 0 Å². The topological polar surface area (TPSA) is 59.1 Å². The highest BCUT2D eigenvalue weighted by atomic mass is 35.5. The zero-order valence-corrected chi connectivity index (χ0v) is 15.7. The van der Waals surface area contributed by atoms with Crippen molar-refractivity contribution < 1.29 is 8.42 Å². The molecule has 130 valence electrons. The molecule has 2 aromatic heterocycles. The SMILES string of the molecule is O=S(=O)(NCCc1csc(Cc2cccnc2)c1)c1ccc(Cl)cc1. The van der Waals surface area contributed by atoms with E-state index in [-0.39, 0.29) is 4.90 Å². The summed E-state index contributed by atoms with van der Waals surface area (Å²) >= 11 is 7.47. The van der Waals surface area contributed by atoms with Crippen LogP contribution in [-0.2, 0) is 22.9 Å². The van der Waals surface area contributed by atoms with Gasteiger partial charge in [-0.05, 0) is 59.3 Å². The second-order valence-electron chi connectivity index (χ2n) is 5.56. The van der Waals surface area contributed by atoms with Crippen molar-refractivity contribution in [2.45, 2.75) is 17.7 Å². The molecule has 2 heterocycles. The zero-order chi connectivity index (χ0) is 17.7. The van der Waals surface area contributed by atoms with Gasteiger partial charge < -0.3 is 0 Å². The van der Waals surface area contributed by atoms with Crippen molar-refractivity contribution in [3.05, 3.63) is 81.3 Å². The predicted octanol–water partition coefficient (Wildman–Crippen LogP) is 3.91. The summed E-state index contributed by atoms with van der Waals surface area (Å²) in [6.07, 6.45) is 5.11. The molecule has 0 saturated carbocycles. The van der Waals surface area contributed by atoms with Gasteiger partial charge in [0.15, 0.2) is 0 Å². The number of nitrogens with one attached hydrogen (secondary N) is 1. The molecule has 0 amide bonds. The highest BCUT2D eigenvalue weighted by Gasteiger charge is 2.13. The summed E-state index contributed by atoms with van der Waals surface area (Å²) < 4.78 is 27.1. The van der Waals surface area contributed by atoms with Gasteiger partial charge in [0.2, 0.25) is 10.0 Å². The van der Waals surface area contributed by atoms with Crippen LogP contribution in [0.4, 0.5) is 0 Å². The van der Waals surface area contributed by atoms with E-state index >= 15 is 0 Å². The van der Waals surface area contributed by atoms with Crippen LogP contribution >= 0.6 is 22.9 Å². The molecule has 3 aromatic rings. The number of pyridine rings is 1. The lowest BCUT2D eigenvalue weighted by atomic mass is 10.1. The number of benzene rings is 1. The Bertz CT molecular complexity index is 923. The van der Waals surface area contributed by atoms with Crippen molar-refractivity contribution in [2.75, 3.05) is 6.54 Å². The first-order valence-electron chi connectivity index (χ1n) is 7.73. The Kier molecular flexibility index (Phi) is 5.86. The molecule has 3 rings (SSSR count). The van der Waals surface area contributed by atoms with Gasteiger partial charge in [0.05, 0.1) is 4.90 Å². The molecule has 1 aromatic carbocycles. The molecule has 0 aliphatic carbocycles. The first-order valence-corrected chi connectivity index (χ1v) is 10.5. The second-order valence-corrected chi connectivity index (χ2v) is 8.76. The summed E-state index contributed by atoms with van der Waals surface area (Å²) in [5, 5.41) is 2.58. The molecule has 0 atom stereocenters. The maximum absolute atomic E-state index is 12.2. The normalized spacial score (nSPS) is 11.6. The van der Waals surface area contributed by atoms with Gasteiger partial charge >= 0.3 is 0 Å². The van der Waals surface area contributed by atoms with Crippen LogP contribution in [0.5, 0.6) is 0 Å². The largest absolute Gasteiger partial charge is 0.264 e. The Balaban J connectivity index is 1.55. The fraction of sp³-hybridized carbons (Fsp3) is 0.167. The standard InChI is InChI=1S/C18H17ClN2O2S2/c19-16-3-5-18(6-4-16)25(22,23)21-9-7-15-11-17(24-13-15)10-14-2-1-8-20-12-14/h1-6,8,11-13,21H,7,9-10H2. The van der Waals surface area contributed by atoms with E-state index in [1.54, 1.807) is 29.7 Å². The van der Waals surface area contributed by atoms with E-state index in [2.05, 4.69) is 21.2 Å². The first-order chi connectivity index (χ1) is 12.0. The number of sulfonamides is 1. The lowest BCUT2D eigenvalue weighted by Crippen LogP contribution is -2.25. The molecule has 7 heteroatoms. The molecule has 4 nitrogen and oxygen atoms in total. The summed E-state index contributed by atoms with van der Waals surface area (Å²) in [5.41, 5.74) is 2.29. The molecule has 25 heavy (non-hydrogen) atoms. The van der Waals surface area contributed by atoms with Crippen LogP contribution < -0.4 is 4.72 Å². The van der Waals surface area contributed by atoms with Crippen molar-refractivity contribution in [2.24, 2.45) is 0 Å². The summed E-state index contributed by atoms with van der Waals surface area (Å²) in [6.45, 7) is 0.355. The quantitative estimate of drug-likeness (QED) is 0.663. The average Bonchev–Trinajstić information content (AvgIpc) is 3.03. The van der Waals surface area contributed by atoms with Crippen LogP contribution in [-0.4, -0.2) is 19.9 Å². The number of hydrogen-bond donors (Lipinski definition) is 1. The molecule has 0 radical (unpaired) electrons. The third-order valence-corrected chi connectivity index (χ3v) is 6.35. The monoisotopic (exact) mass is 392 g/mol. The van der Waals surface area contributed by atoms with E-state index in [4.69, 9.17) is 11.6 Å². The van der Waals surface area contributed by atoms with Gasteiger partial charge in [0.25, 0.3) is 0 Å². The number of aromatic nitrogens is 1. The molecule has 0 unspecified atom stereocenters. The lowest BCUT2D eigenvalue weighted by molar-refractivity contribution is 0.581. The summed E-state index contributed by atoms with van der Waals surface area (Å²) in [5.74, 6) is 0. The van der Waals surface area contributed by atoms with E-state index in [0.29, 0.717) is 18.0 Å². The van der Waals surface area contributed by atoms with E-state index in [0.717, 1.165) is 12.0 Å². The highest BCUT2D eigenvalue weighted by Crippen LogP contribution is 2.19. The molecule has 0 spiro atoms. The molecule has 0 fully saturated rings. The molecule has 1 N–H and O–H groups in total. The van der Waals surface area contributed by atoms with Crippen molar-refractivity contribution in [1.29, 1.82) is 0 Å². The fourth-order valence-electron chi connectivity index (χ4n) is 2.38. The molecular formula is C18H17ClN2O2S2. The minimum Gasteiger partial charge on any atom is -0.264 e. The Morgan fingerprint density at radius 1 is 1.12 bits per heavy atom. The van der Waals surface area contributed by atoms with E-state index in [9.17, 15) is 8.42 Å². The third-order valence-electron chi connectivity index (χ3n) is 3.64. The Hall–Kier alpha value is -1.73. The first kappa shape index (κ1) is 18.1. The van der Waals surface area contributed by atoms with Gasteiger partial charge in [0, 0.05) is 35.3 Å². The highest BCUT2D eigenvalue weighted by molar-refractivity contribution is 7.89. The summed E-state index contributed by atoms with van der Waals surface area (Å²) in [6, 6.07) is 12.2. The summed E-state index contributed by atoms with van der Waals surface area (Å²) in [7, 11) is -3.50. The van der Waals surface area contributed by atoms with E-state index in [1.807, 2.05) is 18.3 Å². The van der Waals surface area contributed by atoms with Crippen LogP contribution in [0.25, 0.3) is 0 Å². The number of thiophene rings is 1. The maximum Gasteiger partial charge on any atom is 0.240 e. The van der Waals surface area contributed by atoms with Crippen LogP contribution in [0.15, 0.2) is 65.1 Å². The van der Waals surface area contributed by atoms with Crippen LogP contribution in [0.3, 0.4) is 0 Å². The Morgan fingerprint density at radius 2 is 1.92 bits per heavy atom. The van der Waals surface area contributed by atoms with Gasteiger partial charge in [-0.2, -0.15) is 0 Å². The van der Waals surface area contributed by atoms with Gasteiger partial charge in [0.1, 0.15) is 0 Å². The van der Waals surface area contributed by atoms with Gasteiger partial charge in [-0.3, -0.25) is 4.98 Å². The van der Waals surface area contributed by atoms with Gasteiger partial charge in [-0.1, -0.05) is 17.7 Å². The maximum atomic E-state index is 12.2. The lowest BCUT2D eigenvalue weighted by Gasteiger charge is -2.06. The number of halogens is 1.